The number of aryl methyl sites for hydroxylation is 2. The van der Waals surface area contributed by atoms with Crippen LogP contribution in [0.2, 0.25) is 0 Å². The molecule has 0 bridgehead atoms. The van der Waals surface area contributed by atoms with E-state index in [0.29, 0.717) is 12.4 Å². The molecule has 0 atom stereocenters. The first-order valence-electron chi connectivity index (χ1n) is 9.62. The predicted octanol–water partition coefficient (Wildman–Crippen LogP) is 3.82. The van der Waals surface area contributed by atoms with Gasteiger partial charge in [-0.2, -0.15) is 4.98 Å². The molecule has 0 radical (unpaired) electrons. The largest absolute Gasteiger partial charge is 0.528 e. The van der Waals surface area contributed by atoms with E-state index in [0.717, 1.165) is 15.9 Å². The number of aromatic nitrogens is 2. The minimum Gasteiger partial charge on any atom is -0.528 e. The highest BCUT2D eigenvalue weighted by Gasteiger charge is 2.07. The van der Waals surface area contributed by atoms with E-state index < -0.39 is 11.8 Å². The zero-order chi connectivity index (χ0) is 21.1. The molecule has 0 amide bonds. The van der Waals surface area contributed by atoms with E-state index in [2.05, 4.69) is 49.2 Å². The van der Waals surface area contributed by atoms with E-state index in [1.165, 1.54) is 22.3 Å². The lowest BCUT2D eigenvalue weighted by molar-refractivity contribution is -0.305. The monoisotopic (exact) mass is 401 g/mol. The average Bonchev–Trinajstić information content (AvgIpc) is 3.04. The van der Waals surface area contributed by atoms with Crippen molar-refractivity contribution in [2.75, 3.05) is 0 Å². The average molecular weight is 401 g/mol. The van der Waals surface area contributed by atoms with Crippen LogP contribution in [0.25, 0.3) is 11.1 Å². The van der Waals surface area contributed by atoms with Gasteiger partial charge >= 0.3 is 5.69 Å². The third-order valence-corrected chi connectivity index (χ3v) is 4.94. The van der Waals surface area contributed by atoms with Crippen LogP contribution in [0.1, 0.15) is 22.3 Å². The normalized spacial score (nSPS) is 10.9. The molecule has 30 heavy (non-hydrogen) atoms. The van der Waals surface area contributed by atoms with E-state index >= 15 is 0 Å². The number of ether oxygens (including phenoxy) is 1. The van der Waals surface area contributed by atoms with Crippen LogP contribution in [0.15, 0.2) is 76.0 Å². The first-order valence-corrected chi connectivity index (χ1v) is 9.62. The number of benzene rings is 3. The molecule has 3 aromatic carbocycles. The number of hydrogen-bond acceptors (Lipinski definition) is 5. The van der Waals surface area contributed by atoms with Crippen molar-refractivity contribution in [2.45, 2.75) is 27.0 Å². The molecule has 0 N–H and O–H groups in total. The van der Waals surface area contributed by atoms with Crippen LogP contribution >= 0.6 is 0 Å². The predicted molar refractivity (Wildman–Crippen MR) is 111 cm³/mol. The number of nitrogens with zero attached hydrogens (tertiary/aromatic N) is 2. The third kappa shape index (κ3) is 4.27. The van der Waals surface area contributed by atoms with Gasteiger partial charge in [-0.25, -0.2) is 9.53 Å². The van der Waals surface area contributed by atoms with Crippen molar-refractivity contribution in [2.24, 2.45) is 0 Å². The van der Waals surface area contributed by atoms with Crippen molar-refractivity contribution in [1.29, 1.82) is 0 Å². The summed E-state index contributed by atoms with van der Waals surface area (Å²) in [5.41, 5.74) is 6.12. The second-order valence-electron chi connectivity index (χ2n) is 7.19. The molecule has 1 heterocycles. The van der Waals surface area contributed by atoms with Gasteiger partial charge in [-0.3, -0.25) is 0 Å². The van der Waals surface area contributed by atoms with Gasteiger partial charge in [-0.15, -0.1) is 0 Å². The summed E-state index contributed by atoms with van der Waals surface area (Å²) in [6.07, 6.45) is -0.886. The first-order chi connectivity index (χ1) is 14.5. The van der Waals surface area contributed by atoms with Crippen LogP contribution in [0, 0.1) is 13.8 Å². The summed E-state index contributed by atoms with van der Waals surface area (Å²) in [4.78, 5) is 14.7. The Hall–Kier alpha value is -3.80. The molecule has 1 aromatic heterocycles. The maximum absolute atomic E-state index is 11.5. The summed E-state index contributed by atoms with van der Waals surface area (Å²) in [5, 5.41) is 11.0. The summed E-state index contributed by atoms with van der Waals surface area (Å²) in [5.74, 6) is 0.714. The first kappa shape index (κ1) is 19.5. The third-order valence-electron chi connectivity index (χ3n) is 4.94. The molecule has 0 saturated heterocycles. The van der Waals surface area contributed by atoms with E-state index in [1.54, 1.807) is 0 Å². The minimum atomic E-state index is -0.886. The summed E-state index contributed by atoms with van der Waals surface area (Å²) in [7, 11) is 0. The summed E-state index contributed by atoms with van der Waals surface area (Å²) < 4.78 is 11.6. The van der Waals surface area contributed by atoms with Crippen LogP contribution < -0.4 is 15.5 Å². The summed E-state index contributed by atoms with van der Waals surface area (Å²) in [6.45, 7) is 4.83. The van der Waals surface area contributed by atoms with E-state index in [-0.39, 0.29) is 6.54 Å². The second kappa shape index (κ2) is 8.29. The zero-order valence-electron chi connectivity index (χ0n) is 16.8. The van der Waals surface area contributed by atoms with Crippen LogP contribution in [-0.2, 0) is 13.2 Å². The Morgan fingerprint density at radius 2 is 1.67 bits per heavy atom. The Bertz CT molecular complexity index is 1200. The van der Waals surface area contributed by atoms with Crippen molar-refractivity contribution < 1.29 is 14.4 Å². The molecule has 0 aliphatic rings. The maximum Gasteiger partial charge on any atom is 0.359 e. The fraction of sp³-hybridized carbons (Fsp3) is 0.167. The lowest BCUT2D eigenvalue weighted by Crippen LogP contribution is -2.16. The smallest absolute Gasteiger partial charge is 0.359 e. The molecule has 0 fully saturated rings. The van der Waals surface area contributed by atoms with Crippen LogP contribution in [0.4, 0.5) is 0 Å². The van der Waals surface area contributed by atoms with Crippen LogP contribution in [-0.4, -0.2) is 9.72 Å². The molecular weight excluding hydrogens is 380 g/mol. The van der Waals surface area contributed by atoms with Crippen molar-refractivity contribution >= 4 is 0 Å². The molecular formula is C24H21N2O4-. The van der Waals surface area contributed by atoms with Crippen molar-refractivity contribution in [3.05, 3.63) is 99.5 Å². The highest BCUT2D eigenvalue weighted by Crippen LogP contribution is 2.28. The van der Waals surface area contributed by atoms with Gasteiger partial charge in [0.15, 0.2) is 6.08 Å². The van der Waals surface area contributed by atoms with E-state index in [9.17, 15) is 9.90 Å². The van der Waals surface area contributed by atoms with Crippen molar-refractivity contribution in [3.63, 3.8) is 0 Å². The Morgan fingerprint density at radius 1 is 0.967 bits per heavy atom. The van der Waals surface area contributed by atoms with Gasteiger partial charge in [-0.1, -0.05) is 48.5 Å². The molecule has 6 nitrogen and oxygen atoms in total. The van der Waals surface area contributed by atoms with Crippen molar-refractivity contribution in [3.8, 4) is 23.0 Å². The highest BCUT2D eigenvalue weighted by molar-refractivity contribution is 5.71. The Kier molecular flexibility index (Phi) is 5.39. The fourth-order valence-electron chi connectivity index (χ4n) is 3.50. The van der Waals surface area contributed by atoms with Gasteiger partial charge in [0, 0.05) is 0 Å². The Labute approximate surface area is 174 Å². The van der Waals surface area contributed by atoms with Gasteiger partial charge in [0.1, 0.15) is 12.4 Å². The molecule has 4 aromatic rings. The summed E-state index contributed by atoms with van der Waals surface area (Å²) >= 11 is 0. The quantitative estimate of drug-likeness (QED) is 0.491. The standard InChI is InChI=1S/C24H22N2O4/c1-16-5-3-6-17(2)22(16)20-8-4-7-19(13-20)15-29-21-11-9-18(10-12-21)14-26-23(27)25-24(28)30-26/h3-13H,14-15H2,1-2H3,(H,25,27,28)/p-1. The topological polar surface area (TPSA) is 80.3 Å². The molecule has 6 heteroatoms. The zero-order valence-corrected chi connectivity index (χ0v) is 16.8. The molecule has 0 unspecified atom stereocenters. The van der Waals surface area contributed by atoms with Gasteiger partial charge < -0.3 is 14.4 Å². The minimum absolute atomic E-state index is 0.145. The fourth-order valence-corrected chi connectivity index (χ4v) is 3.50. The molecule has 0 spiro atoms. The molecule has 152 valence electrons. The lowest BCUT2D eigenvalue weighted by atomic mass is 9.95. The Balaban J connectivity index is 1.44. The molecule has 0 saturated carbocycles. The highest BCUT2D eigenvalue weighted by atomic mass is 16.6. The van der Waals surface area contributed by atoms with Crippen LogP contribution in [0.3, 0.4) is 0 Å². The lowest BCUT2D eigenvalue weighted by Gasteiger charge is -2.12. The van der Waals surface area contributed by atoms with Gasteiger partial charge in [-0.05, 0) is 65.4 Å². The number of hydrogen-bond donors (Lipinski definition) is 0. The second-order valence-corrected chi connectivity index (χ2v) is 7.19. The Morgan fingerprint density at radius 3 is 2.33 bits per heavy atom. The van der Waals surface area contributed by atoms with Gasteiger partial charge in [0.05, 0.1) is 6.54 Å². The van der Waals surface area contributed by atoms with E-state index in [1.807, 2.05) is 36.4 Å². The van der Waals surface area contributed by atoms with Crippen molar-refractivity contribution in [1.82, 2.24) is 9.72 Å². The maximum atomic E-state index is 11.5. The molecule has 4 rings (SSSR count). The van der Waals surface area contributed by atoms with Gasteiger partial charge in [0.2, 0.25) is 0 Å². The summed E-state index contributed by atoms with van der Waals surface area (Å²) in [6, 6.07) is 22.0. The number of rotatable bonds is 6. The molecule has 0 aliphatic heterocycles. The van der Waals surface area contributed by atoms with Crippen LogP contribution in [0.5, 0.6) is 11.8 Å². The SMILES string of the molecule is Cc1cccc(C)c1-c1cccc(COc2ccc(Cn3oc([O-])nc3=O)cc2)c1. The molecule has 0 aliphatic carbocycles. The van der Waals surface area contributed by atoms with Gasteiger partial charge in [0.25, 0.3) is 0 Å². The van der Waals surface area contributed by atoms with E-state index in [4.69, 9.17) is 9.26 Å².